The monoisotopic (exact) mass is 453 g/mol. The zero-order valence-corrected chi connectivity index (χ0v) is 19.6. The van der Waals surface area contributed by atoms with E-state index in [2.05, 4.69) is 22.3 Å². The van der Waals surface area contributed by atoms with Gasteiger partial charge in [-0.25, -0.2) is 4.79 Å². The highest BCUT2D eigenvalue weighted by Crippen LogP contribution is 2.21. The summed E-state index contributed by atoms with van der Waals surface area (Å²) in [5, 5.41) is 0. The van der Waals surface area contributed by atoms with Crippen LogP contribution in [-0.2, 0) is 20.1 Å². The Balaban J connectivity index is 2.23. The summed E-state index contributed by atoms with van der Waals surface area (Å²) in [6.45, 7) is 6.31. The Labute approximate surface area is 191 Å². The average Bonchev–Trinajstić information content (AvgIpc) is 3.12. The van der Waals surface area contributed by atoms with Gasteiger partial charge in [-0.3, -0.25) is 24.3 Å². The van der Waals surface area contributed by atoms with E-state index in [1.165, 1.54) is 9.13 Å². The molecule has 3 aromatic rings. The molecule has 2 aromatic heterocycles. The number of aryl methyl sites for hydroxylation is 1. The highest BCUT2D eigenvalue weighted by atomic mass is 16.2. The molecule has 1 aromatic carbocycles. The van der Waals surface area contributed by atoms with E-state index in [-0.39, 0.29) is 18.7 Å². The van der Waals surface area contributed by atoms with Gasteiger partial charge in [0.05, 0.1) is 24.5 Å². The summed E-state index contributed by atoms with van der Waals surface area (Å²) in [5.74, 6) is 11.8. The molecule has 0 fully saturated rings. The molecule has 2 heterocycles. The first-order valence-corrected chi connectivity index (χ1v) is 10.4. The summed E-state index contributed by atoms with van der Waals surface area (Å²) in [7, 11) is 3.44. The molecular weight excluding hydrogens is 422 g/mol. The minimum Gasteiger partial charge on any atom is -0.397 e. The molecule has 0 unspecified atom stereocenters. The molecule has 0 radical (unpaired) electrons. The molecule has 3 rings (SSSR count). The van der Waals surface area contributed by atoms with Crippen molar-refractivity contribution in [3.63, 3.8) is 0 Å². The van der Waals surface area contributed by atoms with Crippen LogP contribution < -0.4 is 38.9 Å². The number of hydrazine groups is 1. The molecule has 11 heteroatoms. The largest absolute Gasteiger partial charge is 0.397 e. The lowest BCUT2D eigenvalue weighted by atomic mass is 10.1. The van der Waals surface area contributed by atoms with Crippen LogP contribution in [0.15, 0.2) is 27.8 Å². The van der Waals surface area contributed by atoms with Crippen LogP contribution in [0.2, 0.25) is 0 Å². The number of fused-ring (bicyclic) bond motifs is 1. The Morgan fingerprint density at radius 3 is 2.52 bits per heavy atom. The Bertz CT molecular complexity index is 1360. The van der Waals surface area contributed by atoms with Crippen LogP contribution in [0, 0.1) is 11.8 Å². The second-order valence-corrected chi connectivity index (χ2v) is 8.74. The molecule has 0 bridgehead atoms. The molecule has 33 heavy (non-hydrogen) atoms. The van der Waals surface area contributed by atoms with Crippen molar-refractivity contribution in [2.45, 2.75) is 39.4 Å². The fraction of sp³-hybridized carbons (Fsp3) is 0.409. The van der Waals surface area contributed by atoms with Crippen LogP contribution in [0.25, 0.3) is 11.2 Å². The standard InChI is InChI=1S/C22H31N9O2/c1-6-7-10-30-17-18(26-20(30)28(4)13-22(2,3)24)29(5)21(33)31(19(17)32)12-14-8-9-16(27-25)15(23)11-14/h8-9,11,27H,10,12-13,23-25H2,1-5H3. The van der Waals surface area contributed by atoms with E-state index in [4.69, 9.17) is 17.3 Å². The van der Waals surface area contributed by atoms with Crippen LogP contribution in [0.4, 0.5) is 17.3 Å². The summed E-state index contributed by atoms with van der Waals surface area (Å²) >= 11 is 0. The van der Waals surface area contributed by atoms with Gasteiger partial charge in [0, 0.05) is 26.2 Å². The van der Waals surface area contributed by atoms with E-state index in [1.54, 1.807) is 36.7 Å². The summed E-state index contributed by atoms with van der Waals surface area (Å²) in [6, 6.07) is 5.12. The molecular formula is C22H31N9O2. The van der Waals surface area contributed by atoms with Crippen molar-refractivity contribution in [3.05, 3.63) is 44.6 Å². The zero-order valence-electron chi connectivity index (χ0n) is 19.6. The number of rotatable bonds is 7. The van der Waals surface area contributed by atoms with Crippen molar-refractivity contribution in [3.8, 4) is 11.8 Å². The second-order valence-electron chi connectivity index (χ2n) is 8.74. The second kappa shape index (κ2) is 9.01. The summed E-state index contributed by atoms with van der Waals surface area (Å²) in [5.41, 5.74) is 15.5. The lowest BCUT2D eigenvalue weighted by molar-refractivity contribution is 0.512. The van der Waals surface area contributed by atoms with Gasteiger partial charge in [0.1, 0.15) is 0 Å². The van der Waals surface area contributed by atoms with Gasteiger partial charge >= 0.3 is 5.69 Å². The molecule has 0 aliphatic rings. The molecule has 0 atom stereocenters. The maximum atomic E-state index is 13.6. The lowest BCUT2D eigenvalue weighted by Crippen LogP contribution is -2.44. The quantitative estimate of drug-likeness (QED) is 0.169. The topological polar surface area (TPSA) is 155 Å². The Morgan fingerprint density at radius 1 is 1.24 bits per heavy atom. The highest BCUT2D eigenvalue weighted by molar-refractivity contribution is 5.75. The zero-order chi connectivity index (χ0) is 24.5. The molecule has 0 saturated heterocycles. The number of nitrogens with two attached hydrogens (primary N) is 3. The molecule has 11 nitrogen and oxygen atoms in total. The summed E-state index contributed by atoms with van der Waals surface area (Å²) in [6.07, 6.45) is 0. The third-order valence-electron chi connectivity index (χ3n) is 5.22. The molecule has 7 N–H and O–H groups in total. The van der Waals surface area contributed by atoms with Gasteiger partial charge in [0.15, 0.2) is 11.2 Å². The Morgan fingerprint density at radius 2 is 1.94 bits per heavy atom. The van der Waals surface area contributed by atoms with Crippen LogP contribution >= 0.6 is 0 Å². The van der Waals surface area contributed by atoms with Gasteiger partial charge in [-0.1, -0.05) is 12.0 Å². The van der Waals surface area contributed by atoms with Crippen LogP contribution in [0.3, 0.4) is 0 Å². The summed E-state index contributed by atoms with van der Waals surface area (Å²) < 4.78 is 4.27. The number of hydrogen-bond acceptors (Lipinski definition) is 8. The predicted octanol–water partition coefficient (Wildman–Crippen LogP) is 0.00960. The van der Waals surface area contributed by atoms with E-state index in [0.29, 0.717) is 34.9 Å². The molecule has 0 aliphatic heterocycles. The average molecular weight is 454 g/mol. The van der Waals surface area contributed by atoms with Crippen LogP contribution in [0.1, 0.15) is 26.3 Å². The number of aromatic nitrogens is 4. The number of anilines is 3. The molecule has 0 amide bonds. The lowest BCUT2D eigenvalue weighted by Gasteiger charge is -2.27. The van der Waals surface area contributed by atoms with Crippen molar-refractivity contribution in [2.75, 3.05) is 29.7 Å². The van der Waals surface area contributed by atoms with E-state index in [0.717, 1.165) is 0 Å². The molecule has 0 spiro atoms. The fourth-order valence-electron chi connectivity index (χ4n) is 3.81. The van der Waals surface area contributed by atoms with Gasteiger partial charge in [-0.05, 0) is 38.5 Å². The van der Waals surface area contributed by atoms with Gasteiger partial charge < -0.3 is 21.8 Å². The number of nitrogens with zero attached hydrogens (tertiary/aromatic N) is 5. The highest BCUT2D eigenvalue weighted by Gasteiger charge is 2.24. The third-order valence-corrected chi connectivity index (χ3v) is 5.22. The van der Waals surface area contributed by atoms with Gasteiger partial charge in [0.25, 0.3) is 5.56 Å². The predicted molar refractivity (Wildman–Crippen MR) is 132 cm³/mol. The number of nitrogen functional groups attached to an aromatic ring is 2. The van der Waals surface area contributed by atoms with Gasteiger partial charge in [0.2, 0.25) is 5.95 Å². The maximum Gasteiger partial charge on any atom is 0.332 e. The number of benzene rings is 1. The number of imidazole rings is 1. The molecule has 176 valence electrons. The number of nitrogens with one attached hydrogen (secondary N) is 1. The fourth-order valence-corrected chi connectivity index (χ4v) is 3.81. The number of likely N-dealkylation sites (N-methyl/N-ethyl adjacent to an activating group) is 1. The number of hydrogen-bond donors (Lipinski definition) is 4. The van der Waals surface area contributed by atoms with Crippen molar-refractivity contribution >= 4 is 28.5 Å². The normalized spacial score (nSPS) is 11.4. The molecule has 0 aliphatic carbocycles. The van der Waals surface area contributed by atoms with Crippen molar-refractivity contribution < 1.29 is 0 Å². The van der Waals surface area contributed by atoms with Gasteiger partial charge in [-0.2, -0.15) is 4.98 Å². The van der Waals surface area contributed by atoms with Gasteiger partial charge in [-0.15, -0.1) is 5.92 Å². The summed E-state index contributed by atoms with van der Waals surface area (Å²) in [4.78, 5) is 33.1. The van der Waals surface area contributed by atoms with Crippen molar-refractivity contribution in [1.82, 2.24) is 18.7 Å². The van der Waals surface area contributed by atoms with E-state index < -0.39 is 16.8 Å². The van der Waals surface area contributed by atoms with E-state index in [1.807, 2.05) is 25.8 Å². The molecule has 0 saturated carbocycles. The third kappa shape index (κ3) is 4.72. The SMILES string of the molecule is CC#CCn1c(N(C)CC(C)(C)N)nc2c1c(=O)n(Cc1ccc(NN)c(N)c1)c(=O)n2C. The first-order valence-electron chi connectivity index (χ1n) is 10.4. The first kappa shape index (κ1) is 23.9. The van der Waals surface area contributed by atoms with Crippen molar-refractivity contribution in [1.29, 1.82) is 0 Å². The van der Waals surface area contributed by atoms with Crippen LogP contribution in [-0.4, -0.2) is 37.8 Å². The minimum atomic E-state index is -0.495. The van der Waals surface area contributed by atoms with E-state index in [9.17, 15) is 9.59 Å². The Kier molecular flexibility index (Phi) is 6.53. The Hall–Kier alpha value is -3.75. The smallest absolute Gasteiger partial charge is 0.332 e. The first-order chi connectivity index (χ1) is 15.5. The minimum absolute atomic E-state index is 0.0438. The van der Waals surface area contributed by atoms with Crippen LogP contribution in [0.5, 0.6) is 0 Å². The van der Waals surface area contributed by atoms with Crippen molar-refractivity contribution in [2.24, 2.45) is 18.6 Å². The maximum absolute atomic E-state index is 13.6. The van der Waals surface area contributed by atoms with E-state index >= 15 is 0 Å².